The predicted octanol–water partition coefficient (Wildman–Crippen LogP) is 0.357. The lowest BCUT2D eigenvalue weighted by molar-refractivity contribution is 0.194. The molecule has 0 aromatic rings. The van der Waals surface area contributed by atoms with Crippen LogP contribution in [-0.2, 0) is 9.09 Å². The first kappa shape index (κ1) is 8.08. The van der Waals surface area contributed by atoms with E-state index in [1.54, 1.807) is 0 Å². The molecule has 5 heteroatoms. The summed E-state index contributed by atoms with van der Waals surface area (Å²) in [6.45, 7) is 1.72. The van der Waals surface area contributed by atoms with Crippen molar-refractivity contribution in [2.24, 2.45) is 0 Å². The molecule has 10 heavy (non-hydrogen) atoms. The Morgan fingerprint density at radius 1 is 1.80 bits per heavy atom. The lowest BCUT2D eigenvalue weighted by Gasteiger charge is -2.03. The highest BCUT2D eigenvalue weighted by molar-refractivity contribution is 7.32. The topological polar surface area (TPSA) is 49.8 Å². The summed E-state index contributed by atoms with van der Waals surface area (Å²) in [7, 11) is -0.441. The fourth-order valence-corrected chi connectivity index (χ4v) is 1.54. The molecule has 2 atom stereocenters. The van der Waals surface area contributed by atoms with Gasteiger partial charge in [-0.05, 0) is 13.5 Å². The van der Waals surface area contributed by atoms with Crippen LogP contribution in [0.2, 0.25) is 0 Å². The number of hydrogen-bond donors (Lipinski definition) is 1. The molecule has 1 fully saturated rings. The van der Waals surface area contributed by atoms with Gasteiger partial charge in [-0.3, -0.25) is 0 Å². The zero-order valence-electron chi connectivity index (χ0n) is 5.86. The molecule has 0 amide bonds. The molecule has 1 N–H and O–H groups in total. The van der Waals surface area contributed by atoms with Gasteiger partial charge in [-0.2, -0.15) is 0 Å². The molecule has 1 aliphatic heterocycles. The molecule has 0 aromatic carbocycles. The van der Waals surface area contributed by atoms with Gasteiger partial charge in [-0.25, -0.2) is 0 Å². The molecule has 0 aliphatic carbocycles. The van der Waals surface area contributed by atoms with Crippen LogP contribution in [0.1, 0.15) is 6.42 Å². The second kappa shape index (κ2) is 3.39. The van der Waals surface area contributed by atoms with E-state index in [1.807, 2.05) is 7.05 Å². The van der Waals surface area contributed by atoms with Gasteiger partial charge < -0.3 is 4.90 Å². The maximum atomic E-state index is 10.2. The van der Waals surface area contributed by atoms with Crippen LogP contribution in [0.25, 0.3) is 0 Å². The van der Waals surface area contributed by atoms with E-state index < -0.39 is 8.25 Å². The maximum Gasteiger partial charge on any atom is 0.695 e. The second-order valence-electron chi connectivity index (χ2n) is 2.52. The third-order valence-electron chi connectivity index (χ3n) is 1.59. The van der Waals surface area contributed by atoms with Crippen LogP contribution in [0, 0.1) is 0 Å². The number of nitrogens with zero attached hydrogens (tertiary/aromatic N) is 1. The average molecular weight is 164 g/mol. The molecular formula is C5H11NO3P+. The number of likely N-dealkylation sites (tertiary alicyclic amines) is 1. The third kappa shape index (κ3) is 2.31. The van der Waals surface area contributed by atoms with Crippen molar-refractivity contribution >= 4 is 8.25 Å². The van der Waals surface area contributed by atoms with Crippen LogP contribution >= 0.6 is 8.25 Å². The second-order valence-corrected chi connectivity index (χ2v) is 3.20. The number of hydrogen-bond acceptors (Lipinski definition) is 3. The first-order chi connectivity index (χ1) is 4.68. The lowest BCUT2D eigenvalue weighted by Crippen LogP contribution is -2.17. The molecule has 0 spiro atoms. The molecule has 1 heterocycles. The Balaban J connectivity index is 2.24. The zero-order valence-corrected chi connectivity index (χ0v) is 6.75. The maximum absolute atomic E-state index is 10.2. The van der Waals surface area contributed by atoms with E-state index in [4.69, 9.17) is 9.42 Å². The van der Waals surface area contributed by atoms with Crippen LogP contribution < -0.4 is 0 Å². The van der Waals surface area contributed by atoms with Crippen molar-refractivity contribution in [2.75, 3.05) is 20.1 Å². The largest absolute Gasteiger partial charge is 0.695 e. The van der Waals surface area contributed by atoms with Gasteiger partial charge in [-0.15, -0.1) is 9.42 Å². The molecule has 1 aliphatic rings. The van der Waals surface area contributed by atoms with Gasteiger partial charge in [0.25, 0.3) is 0 Å². The van der Waals surface area contributed by atoms with Crippen molar-refractivity contribution in [1.29, 1.82) is 0 Å². The highest BCUT2D eigenvalue weighted by Crippen LogP contribution is 2.23. The van der Waals surface area contributed by atoms with Crippen molar-refractivity contribution in [3.05, 3.63) is 0 Å². The monoisotopic (exact) mass is 164 g/mol. The summed E-state index contributed by atoms with van der Waals surface area (Å²) < 4.78 is 14.9. The van der Waals surface area contributed by atoms with E-state index in [2.05, 4.69) is 4.90 Å². The van der Waals surface area contributed by atoms with E-state index in [9.17, 15) is 4.57 Å². The number of rotatable bonds is 2. The van der Waals surface area contributed by atoms with Crippen LogP contribution in [0.15, 0.2) is 0 Å². The fourth-order valence-electron chi connectivity index (χ4n) is 1.11. The Bertz CT molecular complexity index is 141. The van der Waals surface area contributed by atoms with Gasteiger partial charge in [0.05, 0.1) is 0 Å². The summed E-state index contributed by atoms with van der Waals surface area (Å²) in [4.78, 5) is 10.4. The first-order valence-corrected chi connectivity index (χ1v) is 4.33. The Labute approximate surface area is 60.7 Å². The van der Waals surface area contributed by atoms with E-state index in [0.29, 0.717) is 0 Å². The smallest absolute Gasteiger partial charge is 0.303 e. The minimum atomic E-state index is -2.41. The predicted molar refractivity (Wildman–Crippen MR) is 36.8 cm³/mol. The van der Waals surface area contributed by atoms with Crippen molar-refractivity contribution < 1.29 is 14.0 Å². The van der Waals surface area contributed by atoms with Gasteiger partial charge in [0.2, 0.25) is 0 Å². The summed E-state index contributed by atoms with van der Waals surface area (Å²) >= 11 is 0. The molecule has 4 nitrogen and oxygen atoms in total. The summed E-state index contributed by atoms with van der Waals surface area (Å²) in [5.41, 5.74) is 0. The fraction of sp³-hybridized carbons (Fsp3) is 1.00. The van der Waals surface area contributed by atoms with Crippen molar-refractivity contribution in [1.82, 2.24) is 4.90 Å². The standard InChI is InChI=1S/C5H10NO3P/c1-6-3-2-5(4-6)9-10(7)8/h5H,2-4H2,1H3/p+1. The molecule has 1 rings (SSSR count). The Kier molecular flexibility index (Phi) is 2.74. The van der Waals surface area contributed by atoms with E-state index in [0.717, 1.165) is 19.5 Å². The van der Waals surface area contributed by atoms with Gasteiger partial charge in [0.1, 0.15) is 6.10 Å². The Morgan fingerprint density at radius 2 is 2.50 bits per heavy atom. The normalized spacial score (nSPS) is 29.0. The zero-order chi connectivity index (χ0) is 7.56. The summed E-state index contributed by atoms with van der Waals surface area (Å²) in [5.74, 6) is 0. The number of likely N-dealkylation sites (N-methyl/N-ethyl adjacent to an activating group) is 1. The third-order valence-corrected chi connectivity index (χ3v) is 2.07. The molecule has 0 aromatic heterocycles. The molecular weight excluding hydrogens is 153 g/mol. The van der Waals surface area contributed by atoms with Crippen molar-refractivity contribution in [2.45, 2.75) is 12.5 Å². The summed E-state index contributed by atoms with van der Waals surface area (Å²) in [6, 6.07) is 0. The van der Waals surface area contributed by atoms with Gasteiger partial charge in [0.15, 0.2) is 0 Å². The quantitative estimate of drug-likeness (QED) is 0.598. The minimum Gasteiger partial charge on any atom is -0.303 e. The van der Waals surface area contributed by atoms with Gasteiger partial charge in [0, 0.05) is 17.7 Å². The lowest BCUT2D eigenvalue weighted by atomic mass is 10.3. The molecule has 0 bridgehead atoms. The van der Waals surface area contributed by atoms with E-state index in [1.165, 1.54) is 0 Å². The molecule has 0 radical (unpaired) electrons. The summed E-state index contributed by atoms with van der Waals surface area (Å²) in [6.07, 6.45) is 0.816. The van der Waals surface area contributed by atoms with Crippen LogP contribution in [0.4, 0.5) is 0 Å². The summed E-state index contributed by atoms with van der Waals surface area (Å²) in [5, 5.41) is 0. The van der Waals surface area contributed by atoms with E-state index in [-0.39, 0.29) is 6.10 Å². The Morgan fingerprint density at radius 3 is 2.90 bits per heavy atom. The SMILES string of the molecule is CN1CCC(O[P+](=O)O)C1. The molecule has 1 saturated heterocycles. The van der Waals surface area contributed by atoms with Gasteiger partial charge in [-0.1, -0.05) is 0 Å². The van der Waals surface area contributed by atoms with Crippen LogP contribution in [0.3, 0.4) is 0 Å². The van der Waals surface area contributed by atoms with Crippen molar-refractivity contribution in [3.8, 4) is 0 Å². The van der Waals surface area contributed by atoms with Crippen LogP contribution in [0.5, 0.6) is 0 Å². The minimum absolute atomic E-state index is 0.0430. The average Bonchev–Trinajstić information content (AvgIpc) is 2.13. The van der Waals surface area contributed by atoms with Crippen molar-refractivity contribution in [3.63, 3.8) is 0 Å². The molecule has 58 valence electrons. The highest BCUT2D eigenvalue weighted by Gasteiger charge is 2.28. The Hall–Kier alpha value is -0.0200. The molecule has 0 saturated carbocycles. The van der Waals surface area contributed by atoms with E-state index >= 15 is 0 Å². The highest BCUT2D eigenvalue weighted by atomic mass is 31.1. The van der Waals surface area contributed by atoms with Crippen LogP contribution in [-0.4, -0.2) is 36.0 Å². The molecule has 2 unspecified atom stereocenters. The van der Waals surface area contributed by atoms with Gasteiger partial charge >= 0.3 is 8.25 Å². The first-order valence-electron chi connectivity index (χ1n) is 3.20.